The molecule has 0 saturated heterocycles. The van der Waals surface area contributed by atoms with Crippen LogP contribution >= 0.6 is 0 Å². The number of hydrogen-bond donors (Lipinski definition) is 2. The van der Waals surface area contributed by atoms with E-state index in [1.165, 1.54) is 29.3 Å². The van der Waals surface area contributed by atoms with E-state index in [1.807, 2.05) is 0 Å². The van der Waals surface area contributed by atoms with Crippen molar-refractivity contribution >= 4 is 11.6 Å². The van der Waals surface area contributed by atoms with Crippen LogP contribution in [0.4, 0.5) is 14.5 Å². The van der Waals surface area contributed by atoms with Crippen molar-refractivity contribution in [1.29, 1.82) is 0 Å². The summed E-state index contributed by atoms with van der Waals surface area (Å²) < 4.78 is 27.3. The number of rotatable bonds is 3. The molecule has 2 N–H and O–H groups in total. The van der Waals surface area contributed by atoms with Crippen LogP contribution in [0.25, 0.3) is 5.69 Å². The molecule has 1 heterocycles. The summed E-state index contributed by atoms with van der Waals surface area (Å²) in [5.74, 6) is -4.16. The number of amides is 1. The van der Waals surface area contributed by atoms with Crippen molar-refractivity contribution in [2.45, 2.75) is 0 Å². The van der Waals surface area contributed by atoms with Gasteiger partial charge < -0.3 is 10.4 Å². The van der Waals surface area contributed by atoms with Gasteiger partial charge in [0.05, 0.1) is 18.1 Å². The van der Waals surface area contributed by atoms with Gasteiger partial charge in [-0.1, -0.05) is 0 Å². The molecule has 0 bridgehead atoms. The van der Waals surface area contributed by atoms with E-state index in [4.69, 9.17) is 0 Å². The molecule has 23 heavy (non-hydrogen) atoms. The summed E-state index contributed by atoms with van der Waals surface area (Å²) in [5.41, 5.74) is 0.138. The molecule has 0 aliphatic rings. The van der Waals surface area contributed by atoms with Crippen LogP contribution in [-0.2, 0) is 0 Å². The third kappa shape index (κ3) is 2.86. The lowest BCUT2D eigenvalue weighted by molar-refractivity contribution is 0.101. The molecule has 0 aliphatic carbocycles. The van der Waals surface area contributed by atoms with E-state index in [9.17, 15) is 18.7 Å². The molecule has 0 atom stereocenters. The van der Waals surface area contributed by atoms with Gasteiger partial charge in [-0.25, -0.2) is 8.78 Å². The van der Waals surface area contributed by atoms with Crippen molar-refractivity contribution in [1.82, 2.24) is 15.0 Å². The van der Waals surface area contributed by atoms with Crippen LogP contribution in [0.2, 0.25) is 0 Å². The zero-order valence-corrected chi connectivity index (χ0v) is 11.6. The lowest BCUT2D eigenvalue weighted by atomic mass is 10.1. The maximum absolute atomic E-state index is 13.7. The fraction of sp³-hybridized carbons (Fsp3) is 0. The Balaban J connectivity index is 1.82. The second-order valence-corrected chi connectivity index (χ2v) is 4.58. The van der Waals surface area contributed by atoms with Crippen LogP contribution in [0.5, 0.6) is 5.75 Å². The number of carbonyl (C=O) groups excluding carboxylic acids is 1. The number of benzene rings is 2. The van der Waals surface area contributed by atoms with Crippen LogP contribution in [-0.4, -0.2) is 26.0 Å². The molecular weight excluding hydrogens is 306 g/mol. The lowest BCUT2D eigenvalue weighted by Crippen LogP contribution is -2.16. The Labute approximate surface area is 129 Å². The number of hydrogen-bond acceptors (Lipinski definition) is 4. The molecule has 1 aromatic heterocycles. The van der Waals surface area contributed by atoms with Gasteiger partial charge in [-0.3, -0.25) is 4.79 Å². The molecule has 0 radical (unpaired) electrons. The number of anilines is 1. The summed E-state index contributed by atoms with van der Waals surface area (Å²) in [4.78, 5) is 13.4. The number of phenolic OH excluding ortho intramolecular Hbond substituents is 1. The molecule has 0 spiro atoms. The van der Waals surface area contributed by atoms with Crippen molar-refractivity contribution < 1.29 is 18.7 Å². The predicted molar refractivity (Wildman–Crippen MR) is 77.3 cm³/mol. The highest BCUT2D eigenvalue weighted by Gasteiger charge is 2.20. The SMILES string of the molecule is O=C(Nc1ccc(-n2nccn2)cc1)c1c(F)ccc(O)c1F. The minimum atomic E-state index is -1.31. The number of halogens is 2. The Morgan fingerprint density at radius 3 is 2.35 bits per heavy atom. The Bertz CT molecular complexity index is 849. The number of nitrogens with zero attached hydrogens (tertiary/aromatic N) is 3. The fourth-order valence-electron chi connectivity index (χ4n) is 1.97. The zero-order valence-electron chi connectivity index (χ0n) is 11.6. The molecule has 0 fully saturated rings. The average Bonchev–Trinajstić information content (AvgIpc) is 3.06. The maximum Gasteiger partial charge on any atom is 0.261 e. The van der Waals surface area contributed by atoms with E-state index in [2.05, 4.69) is 15.5 Å². The van der Waals surface area contributed by atoms with Gasteiger partial charge in [0.2, 0.25) is 0 Å². The van der Waals surface area contributed by atoms with E-state index in [0.717, 1.165) is 12.1 Å². The van der Waals surface area contributed by atoms with Gasteiger partial charge in [0.1, 0.15) is 11.4 Å². The highest BCUT2D eigenvalue weighted by atomic mass is 19.1. The second-order valence-electron chi connectivity index (χ2n) is 4.58. The molecule has 1 amide bonds. The Morgan fingerprint density at radius 2 is 1.70 bits per heavy atom. The molecule has 6 nitrogen and oxygen atoms in total. The third-order valence-corrected chi connectivity index (χ3v) is 3.07. The van der Waals surface area contributed by atoms with E-state index in [0.29, 0.717) is 11.4 Å². The van der Waals surface area contributed by atoms with Crippen molar-refractivity contribution in [2.75, 3.05) is 5.32 Å². The van der Waals surface area contributed by atoms with E-state index >= 15 is 0 Å². The first-order valence-corrected chi connectivity index (χ1v) is 6.51. The van der Waals surface area contributed by atoms with Crippen LogP contribution in [0, 0.1) is 11.6 Å². The highest BCUT2D eigenvalue weighted by molar-refractivity contribution is 6.05. The molecule has 3 rings (SSSR count). The van der Waals surface area contributed by atoms with Crippen LogP contribution < -0.4 is 5.32 Å². The van der Waals surface area contributed by atoms with Gasteiger partial charge >= 0.3 is 0 Å². The van der Waals surface area contributed by atoms with Gasteiger partial charge in [-0.15, -0.1) is 0 Å². The van der Waals surface area contributed by atoms with Crippen molar-refractivity contribution in [2.24, 2.45) is 0 Å². The number of carbonyl (C=O) groups is 1. The van der Waals surface area contributed by atoms with E-state index in [1.54, 1.807) is 12.1 Å². The first kappa shape index (κ1) is 14.6. The lowest BCUT2D eigenvalue weighted by Gasteiger charge is -2.08. The monoisotopic (exact) mass is 316 g/mol. The number of aromatic hydroxyl groups is 1. The Kier molecular flexibility index (Phi) is 3.71. The molecule has 116 valence electrons. The minimum Gasteiger partial charge on any atom is -0.505 e. The molecular formula is C15H10F2N4O2. The molecule has 8 heteroatoms. The smallest absolute Gasteiger partial charge is 0.261 e. The number of nitrogens with one attached hydrogen (secondary N) is 1. The largest absolute Gasteiger partial charge is 0.505 e. The topological polar surface area (TPSA) is 80.0 Å². The van der Waals surface area contributed by atoms with Crippen molar-refractivity contribution in [3.05, 3.63) is 66.0 Å². The number of phenols is 1. The Hall–Kier alpha value is -3.29. The quantitative estimate of drug-likeness (QED) is 0.778. The second kappa shape index (κ2) is 5.84. The summed E-state index contributed by atoms with van der Waals surface area (Å²) in [6, 6.07) is 7.99. The normalized spacial score (nSPS) is 10.5. The van der Waals surface area contributed by atoms with Gasteiger partial charge in [0.15, 0.2) is 11.6 Å². The van der Waals surface area contributed by atoms with Crippen molar-refractivity contribution in [3.63, 3.8) is 0 Å². The third-order valence-electron chi connectivity index (χ3n) is 3.07. The fourth-order valence-corrected chi connectivity index (χ4v) is 1.97. The van der Waals surface area contributed by atoms with E-state index in [-0.39, 0.29) is 0 Å². The number of aromatic nitrogens is 3. The predicted octanol–water partition coefficient (Wildman–Crippen LogP) is 2.50. The zero-order chi connectivity index (χ0) is 16.4. The first-order valence-electron chi connectivity index (χ1n) is 6.51. The highest BCUT2D eigenvalue weighted by Crippen LogP contribution is 2.23. The summed E-state index contributed by atoms with van der Waals surface area (Å²) in [6.07, 6.45) is 3.03. The molecule has 0 saturated carbocycles. The molecule has 2 aromatic carbocycles. The molecule has 0 unspecified atom stereocenters. The minimum absolute atomic E-state index is 0.327. The maximum atomic E-state index is 13.7. The van der Waals surface area contributed by atoms with Gasteiger partial charge in [-0.2, -0.15) is 15.0 Å². The summed E-state index contributed by atoms with van der Waals surface area (Å²) in [5, 5.41) is 19.5. The molecule has 3 aromatic rings. The average molecular weight is 316 g/mol. The standard InChI is InChI=1S/C15H10F2N4O2/c16-11-5-6-12(22)14(17)13(11)15(23)20-9-1-3-10(4-2-9)21-18-7-8-19-21/h1-8,22H,(H,20,23). The molecule has 0 aliphatic heterocycles. The van der Waals surface area contributed by atoms with Crippen LogP contribution in [0.3, 0.4) is 0 Å². The van der Waals surface area contributed by atoms with E-state index < -0.39 is 28.9 Å². The van der Waals surface area contributed by atoms with Gasteiger partial charge in [0.25, 0.3) is 5.91 Å². The first-order chi connectivity index (χ1) is 11.1. The van der Waals surface area contributed by atoms with Gasteiger partial charge in [0, 0.05) is 5.69 Å². The van der Waals surface area contributed by atoms with Gasteiger partial charge in [-0.05, 0) is 36.4 Å². The van der Waals surface area contributed by atoms with Crippen LogP contribution in [0.1, 0.15) is 10.4 Å². The Morgan fingerprint density at radius 1 is 1.04 bits per heavy atom. The van der Waals surface area contributed by atoms with Crippen molar-refractivity contribution in [3.8, 4) is 11.4 Å². The summed E-state index contributed by atoms with van der Waals surface area (Å²) in [7, 11) is 0. The summed E-state index contributed by atoms with van der Waals surface area (Å²) >= 11 is 0. The summed E-state index contributed by atoms with van der Waals surface area (Å²) in [6.45, 7) is 0. The van der Waals surface area contributed by atoms with Crippen LogP contribution in [0.15, 0.2) is 48.8 Å².